The molecule has 0 heterocycles. The molecule has 0 aromatic heterocycles. The van der Waals surface area contributed by atoms with Gasteiger partial charge in [-0.3, -0.25) is 0 Å². The number of hydrogen-bond acceptors (Lipinski definition) is 2. The minimum Gasteiger partial charge on any atom is -0.831 e. The first kappa shape index (κ1) is 71.9. The summed E-state index contributed by atoms with van der Waals surface area (Å²) in [6.07, 6.45) is 40.9. The first-order valence-corrected chi connectivity index (χ1v) is 26.7. The van der Waals surface area contributed by atoms with Crippen LogP contribution in [0.1, 0.15) is 277 Å². The van der Waals surface area contributed by atoms with Gasteiger partial charge in [-0.1, -0.05) is 230 Å². The van der Waals surface area contributed by atoms with Gasteiger partial charge in [-0.25, -0.2) is 0 Å². The minimum absolute atomic E-state index is 0. The van der Waals surface area contributed by atoms with Crippen molar-refractivity contribution in [3.63, 3.8) is 0 Å². The summed E-state index contributed by atoms with van der Waals surface area (Å²) in [6, 6.07) is 0. The Morgan fingerprint density at radius 2 is 1.26 bits per heavy atom. The first-order chi connectivity index (χ1) is 28.3. The SMILES string of the molecule is CC.CCCC.CCCCC.CCCCCCCCC([O-])OC1CCC2(C)C(=CCC3CCCC(C(C)/C=C/C(CC)C(C)C)C(C)(C)CCC32)C1.[CH2-]CCCCCC.[CH3-].[CH3-].[Sr+2]. The molecule has 3 aliphatic rings. The van der Waals surface area contributed by atoms with Crippen molar-refractivity contribution in [1.29, 1.82) is 0 Å². The van der Waals surface area contributed by atoms with Gasteiger partial charge in [0.15, 0.2) is 0 Å². The van der Waals surface area contributed by atoms with Crippen LogP contribution in [-0.4, -0.2) is 57.9 Å². The molecule has 3 heteroatoms. The molecule has 0 spiro atoms. The quantitative estimate of drug-likeness (QED) is 0.0378. The molecule has 62 heavy (non-hydrogen) atoms. The molecular weight excluding hydrogens is 828 g/mol. The van der Waals surface area contributed by atoms with Gasteiger partial charge in [0.1, 0.15) is 0 Å². The van der Waals surface area contributed by atoms with Crippen LogP contribution < -0.4 is 5.11 Å². The third-order valence-electron chi connectivity index (χ3n) is 14.5. The van der Waals surface area contributed by atoms with Gasteiger partial charge in [-0.15, -0.1) is 0 Å². The summed E-state index contributed by atoms with van der Waals surface area (Å²) in [5, 5.41) is 12.7. The molecular formula is C59H118O2Sr-2. The standard InChI is InChI=1S/C39H69O2.C7H15.C5H12.C4H10.C2H6.2CH3.Sr/c1-9-11-12-13-14-15-19-37(40)41-34-24-27-39(8)33(28-34)23-22-32-17-16-18-35(38(6,7)26-25-36(32)39)30(5)20-21-31(10-2)29(3)4;1-3-5-7-6-4-2;1-3-5-4-2;1-3-4-2;1-2;;;/h20-21,23,29-32,34-37H,9-19,22,24-28H2,1-8H3;1,3-7H2,2H3;3-5H2,1-2H3;3-4H2,1-2H3;1-2H3;2*1H3;/q2*-1;;;;2*-1;+2/b21-20+;;;;;;;. The van der Waals surface area contributed by atoms with Gasteiger partial charge in [0.25, 0.3) is 0 Å². The van der Waals surface area contributed by atoms with E-state index in [0.717, 1.165) is 49.4 Å². The Kier molecular flexibility index (Phi) is 52.9. The smallest absolute Gasteiger partial charge is 0.831 e. The van der Waals surface area contributed by atoms with E-state index in [9.17, 15) is 5.11 Å². The molecule has 370 valence electrons. The van der Waals surface area contributed by atoms with Gasteiger partial charge in [-0.2, -0.15) is 6.42 Å². The normalized spacial score (nSPS) is 24.0. The Bertz CT molecular complexity index is 961. The van der Waals surface area contributed by atoms with Crippen molar-refractivity contribution in [2.75, 3.05) is 0 Å². The molecule has 8 atom stereocenters. The van der Waals surface area contributed by atoms with Crippen molar-refractivity contribution < 1.29 is 9.84 Å². The maximum Gasteiger partial charge on any atom is 2.00 e. The summed E-state index contributed by atoms with van der Waals surface area (Å²) >= 11 is 0. The van der Waals surface area contributed by atoms with E-state index in [1.807, 2.05) is 13.8 Å². The second-order valence-electron chi connectivity index (χ2n) is 20.1. The largest absolute Gasteiger partial charge is 2.00 e. The van der Waals surface area contributed by atoms with Crippen molar-refractivity contribution in [3.05, 3.63) is 45.6 Å². The molecule has 0 aliphatic heterocycles. The summed E-state index contributed by atoms with van der Waals surface area (Å²) in [5.41, 5.74) is 2.29. The van der Waals surface area contributed by atoms with Crippen LogP contribution in [0.3, 0.4) is 0 Å². The predicted molar refractivity (Wildman–Crippen MR) is 285 cm³/mol. The van der Waals surface area contributed by atoms with Crippen molar-refractivity contribution in [1.82, 2.24) is 0 Å². The molecule has 0 bridgehead atoms. The van der Waals surface area contributed by atoms with E-state index in [2.05, 4.69) is 115 Å². The molecule has 2 fully saturated rings. The monoisotopic (exact) mass is 947 g/mol. The number of rotatable bonds is 21. The van der Waals surface area contributed by atoms with Crippen molar-refractivity contribution in [2.24, 2.45) is 46.3 Å². The van der Waals surface area contributed by atoms with E-state index in [-0.39, 0.29) is 66.4 Å². The number of fused-ring (bicyclic) bond motifs is 3. The number of hydrogen-bond donors (Lipinski definition) is 0. The first-order valence-electron chi connectivity index (χ1n) is 26.7. The Hall–Kier alpha value is 0.881. The maximum atomic E-state index is 12.7. The van der Waals surface area contributed by atoms with Crippen molar-refractivity contribution in [3.8, 4) is 0 Å². The zero-order valence-corrected chi connectivity index (χ0v) is 49.6. The van der Waals surface area contributed by atoms with Crippen LogP contribution in [0.25, 0.3) is 0 Å². The zero-order valence-electron chi connectivity index (χ0n) is 46.2. The van der Waals surface area contributed by atoms with Crippen LogP contribution in [0.2, 0.25) is 0 Å². The van der Waals surface area contributed by atoms with Gasteiger partial charge >= 0.3 is 45.5 Å². The maximum absolute atomic E-state index is 12.7. The van der Waals surface area contributed by atoms with Gasteiger partial charge in [-0.05, 0) is 117 Å². The number of unbranched alkanes of at least 4 members (excludes halogenated alkanes) is 12. The molecule has 2 nitrogen and oxygen atoms in total. The summed E-state index contributed by atoms with van der Waals surface area (Å²) in [7, 11) is 0. The van der Waals surface area contributed by atoms with Crippen molar-refractivity contribution >= 4 is 45.5 Å². The Balaban J connectivity index is -0.000000436. The number of ether oxygens (including phenoxy) is 1. The molecule has 0 saturated heterocycles. The van der Waals surface area contributed by atoms with E-state index in [4.69, 9.17) is 4.74 Å². The third-order valence-corrected chi connectivity index (χ3v) is 14.5. The molecule has 3 aliphatic carbocycles. The van der Waals surface area contributed by atoms with Crippen LogP contribution in [0, 0.1) is 68.1 Å². The topological polar surface area (TPSA) is 32.3 Å². The van der Waals surface area contributed by atoms with E-state index >= 15 is 0 Å². The molecule has 0 amide bonds. The van der Waals surface area contributed by atoms with E-state index in [1.165, 1.54) is 141 Å². The van der Waals surface area contributed by atoms with Crippen LogP contribution >= 0.6 is 0 Å². The Labute approximate surface area is 433 Å². The van der Waals surface area contributed by atoms with E-state index < -0.39 is 6.29 Å². The molecule has 3 rings (SSSR count). The second kappa shape index (κ2) is 45.7. The fraction of sp³-hybridized carbons (Fsp3) is 0.881. The summed E-state index contributed by atoms with van der Waals surface area (Å²) in [5.74, 6) is 4.44. The molecule has 0 aromatic rings. The van der Waals surface area contributed by atoms with Crippen LogP contribution in [0.15, 0.2) is 23.8 Å². The fourth-order valence-corrected chi connectivity index (χ4v) is 10.2. The summed E-state index contributed by atoms with van der Waals surface area (Å²) in [4.78, 5) is 0. The van der Waals surface area contributed by atoms with E-state index in [1.54, 1.807) is 5.57 Å². The minimum atomic E-state index is -0.834. The fourth-order valence-electron chi connectivity index (χ4n) is 10.2. The predicted octanol–water partition coefficient (Wildman–Crippen LogP) is 19.4. The Morgan fingerprint density at radius 1 is 0.710 bits per heavy atom. The van der Waals surface area contributed by atoms with Crippen LogP contribution in [-0.2, 0) is 4.74 Å². The zero-order chi connectivity index (χ0) is 45.1. The molecule has 0 aromatic carbocycles. The number of allylic oxidation sites excluding steroid dienone is 3. The molecule has 2 saturated carbocycles. The molecule has 0 radical (unpaired) electrons. The average Bonchev–Trinajstić information content (AvgIpc) is 3.28. The Morgan fingerprint density at radius 3 is 1.76 bits per heavy atom. The van der Waals surface area contributed by atoms with Gasteiger partial charge in [0.2, 0.25) is 0 Å². The average molecular weight is 947 g/mol. The van der Waals surface area contributed by atoms with Gasteiger partial charge in [0, 0.05) is 0 Å². The van der Waals surface area contributed by atoms with E-state index in [0.29, 0.717) is 29.1 Å². The summed E-state index contributed by atoms with van der Waals surface area (Å²) in [6.45, 7) is 38.3. The third kappa shape index (κ3) is 31.0. The van der Waals surface area contributed by atoms with Gasteiger partial charge < -0.3 is 31.6 Å². The van der Waals surface area contributed by atoms with Crippen molar-refractivity contribution in [2.45, 2.75) is 290 Å². The summed E-state index contributed by atoms with van der Waals surface area (Å²) < 4.78 is 6.15. The van der Waals surface area contributed by atoms with Crippen LogP contribution in [0.5, 0.6) is 0 Å². The molecule has 0 N–H and O–H groups in total. The molecule has 8 unspecified atom stereocenters. The second-order valence-corrected chi connectivity index (χ2v) is 20.1. The van der Waals surface area contributed by atoms with Crippen LogP contribution in [0.4, 0.5) is 0 Å². The van der Waals surface area contributed by atoms with Gasteiger partial charge in [0.05, 0.1) is 6.10 Å².